The molecule has 1 aromatic carbocycles. The summed E-state index contributed by atoms with van der Waals surface area (Å²) >= 11 is 6.21. The molecule has 2 heterocycles. The van der Waals surface area contributed by atoms with E-state index >= 15 is 0 Å². The van der Waals surface area contributed by atoms with E-state index in [2.05, 4.69) is 22.0 Å². The van der Waals surface area contributed by atoms with Crippen molar-refractivity contribution in [1.29, 1.82) is 0 Å². The van der Waals surface area contributed by atoms with Crippen LogP contribution < -0.4 is 4.90 Å². The molecule has 6 heteroatoms. The van der Waals surface area contributed by atoms with Gasteiger partial charge in [0.15, 0.2) is 5.82 Å². The average molecular weight is 359 g/mol. The molecule has 1 aromatic heterocycles. The zero-order chi connectivity index (χ0) is 17.6. The van der Waals surface area contributed by atoms with Gasteiger partial charge in [0.25, 0.3) is 0 Å². The van der Waals surface area contributed by atoms with Gasteiger partial charge in [-0.25, -0.2) is 0 Å². The first-order valence-corrected chi connectivity index (χ1v) is 9.18. The minimum atomic E-state index is 0.265. The molecule has 1 aliphatic rings. The Labute approximate surface area is 153 Å². The predicted molar refractivity (Wildman–Crippen MR) is 101 cm³/mol. The molecule has 0 radical (unpaired) electrons. The third-order valence-electron chi connectivity index (χ3n) is 4.50. The van der Waals surface area contributed by atoms with Gasteiger partial charge in [0.2, 0.25) is 5.91 Å². The third-order valence-corrected chi connectivity index (χ3v) is 4.83. The van der Waals surface area contributed by atoms with E-state index in [1.807, 2.05) is 41.3 Å². The number of anilines is 1. The Hall–Kier alpha value is -2.14. The smallest absolute Gasteiger partial charge is 0.222 e. The lowest BCUT2D eigenvalue weighted by Crippen LogP contribution is -2.49. The molecular formula is C19H23ClN4O. The monoisotopic (exact) mass is 358 g/mol. The molecule has 5 nitrogen and oxygen atoms in total. The highest BCUT2D eigenvalue weighted by Crippen LogP contribution is 2.26. The number of halogens is 1. The molecule has 0 aliphatic carbocycles. The number of nitrogens with zero attached hydrogens (tertiary/aromatic N) is 4. The van der Waals surface area contributed by atoms with Gasteiger partial charge < -0.3 is 9.80 Å². The summed E-state index contributed by atoms with van der Waals surface area (Å²) in [6.07, 6.45) is 2.68. The van der Waals surface area contributed by atoms with E-state index in [0.717, 1.165) is 56.1 Å². The van der Waals surface area contributed by atoms with Crippen LogP contribution in [0.1, 0.15) is 26.2 Å². The number of carbonyl (C=O) groups is 1. The molecule has 25 heavy (non-hydrogen) atoms. The molecule has 0 bridgehead atoms. The van der Waals surface area contributed by atoms with Crippen LogP contribution in [-0.4, -0.2) is 47.2 Å². The van der Waals surface area contributed by atoms with Crippen LogP contribution in [0.5, 0.6) is 0 Å². The fourth-order valence-electron chi connectivity index (χ4n) is 2.98. The number of carbonyl (C=O) groups excluding carboxylic acids is 1. The normalized spacial score (nSPS) is 14.6. The second-order valence-corrected chi connectivity index (χ2v) is 6.64. The van der Waals surface area contributed by atoms with Crippen molar-refractivity contribution in [2.75, 3.05) is 31.1 Å². The number of hydrogen-bond donors (Lipinski definition) is 0. The lowest BCUT2D eigenvalue weighted by Gasteiger charge is -2.35. The molecule has 2 aromatic rings. The minimum absolute atomic E-state index is 0.265. The minimum Gasteiger partial charge on any atom is -0.352 e. The Bertz CT molecular complexity index is 712. The summed E-state index contributed by atoms with van der Waals surface area (Å²) in [5, 5.41) is 9.35. The molecule has 0 atom stereocenters. The quantitative estimate of drug-likeness (QED) is 0.818. The molecule has 1 aliphatic heterocycles. The largest absolute Gasteiger partial charge is 0.352 e. The van der Waals surface area contributed by atoms with Gasteiger partial charge in [-0.15, -0.1) is 10.2 Å². The SMILES string of the molecule is CCCCC(=O)N1CCN(c2ccc(-c3ccccc3Cl)nn2)CC1. The second kappa shape index (κ2) is 8.30. The Morgan fingerprint density at radius 2 is 1.84 bits per heavy atom. The highest BCUT2D eigenvalue weighted by Gasteiger charge is 2.21. The van der Waals surface area contributed by atoms with E-state index in [4.69, 9.17) is 11.6 Å². The van der Waals surface area contributed by atoms with Crippen molar-refractivity contribution < 1.29 is 4.79 Å². The standard InChI is InChI=1S/C19H23ClN4O/c1-2-3-8-19(25)24-13-11-23(12-14-24)18-10-9-17(21-22-18)15-6-4-5-7-16(15)20/h4-7,9-10H,2-3,8,11-14H2,1H3. The number of unbranched alkanes of at least 4 members (excludes halogenated alkanes) is 1. The Balaban J connectivity index is 1.61. The van der Waals surface area contributed by atoms with Gasteiger partial charge >= 0.3 is 0 Å². The second-order valence-electron chi connectivity index (χ2n) is 6.23. The van der Waals surface area contributed by atoms with Crippen LogP contribution in [0.2, 0.25) is 5.02 Å². The topological polar surface area (TPSA) is 49.3 Å². The molecule has 0 unspecified atom stereocenters. The lowest BCUT2D eigenvalue weighted by atomic mass is 10.1. The molecule has 0 saturated carbocycles. The fourth-order valence-corrected chi connectivity index (χ4v) is 3.21. The first kappa shape index (κ1) is 17.7. The highest BCUT2D eigenvalue weighted by atomic mass is 35.5. The van der Waals surface area contributed by atoms with Gasteiger partial charge in [-0.2, -0.15) is 0 Å². The number of benzene rings is 1. The molecule has 1 fully saturated rings. The number of aromatic nitrogens is 2. The average Bonchev–Trinajstić information content (AvgIpc) is 2.67. The van der Waals surface area contributed by atoms with Crippen molar-refractivity contribution in [1.82, 2.24) is 15.1 Å². The summed E-state index contributed by atoms with van der Waals surface area (Å²) in [7, 11) is 0. The molecule has 0 N–H and O–H groups in total. The summed E-state index contributed by atoms with van der Waals surface area (Å²) in [5.74, 6) is 1.11. The van der Waals surface area contributed by atoms with Crippen LogP contribution in [0.3, 0.4) is 0 Å². The van der Waals surface area contributed by atoms with E-state index in [-0.39, 0.29) is 5.91 Å². The van der Waals surface area contributed by atoms with Gasteiger partial charge in [0, 0.05) is 38.2 Å². The molecule has 1 amide bonds. The van der Waals surface area contributed by atoms with Crippen molar-refractivity contribution in [2.24, 2.45) is 0 Å². The van der Waals surface area contributed by atoms with Gasteiger partial charge in [0.1, 0.15) is 0 Å². The van der Waals surface area contributed by atoms with Crippen LogP contribution in [0.4, 0.5) is 5.82 Å². The molecule has 132 valence electrons. The van der Waals surface area contributed by atoms with Gasteiger partial charge in [-0.3, -0.25) is 4.79 Å². The Morgan fingerprint density at radius 1 is 1.08 bits per heavy atom. The maximum atomic E-state index is 12.1. The van der Waals surface area contributed by atoms with Crippen LogP contribution >= 0.6 is 11.6 Å². The van der Waals surface area contributed by atoms with E-state index in [9.17, 15) is 4.79 Å². The van der Waals surface area contributed by atoms with Crippen LogP contribution in [-0.2, 0) is 4.79 Å². The van der Waals surface area contributed by atoms with Crippen molar-refractivity contribution in [3.63, 3.8) is 0 Å². The van der Waals surface area contributed by atoms with E-state index in [1.54, 1.807) is 0 Å². The number of piperazine rings is 1. The molecule has 0 spiro atoms. The molecular weight excluding hydrogens is 336 g/mol. The number of hydrogen-bond acceptors (Lipinski definition) is 4. The number of amides is 1. The third kappa shape index (κ3) is 4.28. The fraction of sp³-hybridized carbons (Fsp3) is 0.421. The van der Waals surface area contributed by atoms with Gasteiger partial charge in [-0.1, -0.05) is 43.1 Å². The maximum absolute atomic E-state index is 12.1. The van der Waals surface area contributed by atoms with Crippen LogP contribution in [0.25, 0.3) is 11.3 Å². The van der Waals surface area contributed by atoms with Crippen molar-refractivity contribution >= 4 is 23.3 Å². The maximum Gasteiger partial charge on any atom is 0.222 e. The van der Waals surface area contributed by atoms with E-state index in [1.165, 1.54) is 0 Å². The predicted octanol–water partition coefficient (Wildman–Crippen LogP) is 3.64. The van der Waals surface area contributed by atoms with Gasteiger partial charge in [-0.05, 0) is 24.6 Å². The summed E-state index contributed by atoms with van der Waals surface area (Å²) < 4.78 is 0. The lowest BCUT2D eigenvalue weighted by molar-refractivity contribution is -0.131. The summed E-state index contributed by atoms with van der Waals surface area (Å²) in [5.41, 5.74) is 1.65. The zero-order valence-electron chi connectivity index (χ0n) is 14.5. The summed E-state index contributed by atoms with van der Waals surface area (Å²) in [4.78, 5) is 16.2. The van der Waals surface area contributed by atoms with Crippen molar-refractivity contribution in [3.8, 4) is 11.3 Å². The first-order valence-electron chi connectivity index (χ1n) is 8.80. The van der Waals surface area contributed by atoms with Crippen LogP contribution in [0.15, 0.2) is 36.4 Å². The summed E-state index contributed by atoms with van der Waals surface area (Å²) in [6, 6.07) is 11.5. The van der Waals surface area contributed by atoms with Crippen molar-refractivity contribution in [2.45, 2.75) is 26.2 Å². The van der Waals surface area contributed by atoms with Crippen molar-refractivity contribution in [3.05, 3.63) is 41.4 Å². The Morgan fingerprint density at radius 3 is 2.48 bits per heavy atom. The Kier molecular flexibility index (Phi) is 5.87. The van der Waals surface area contributed by atoms with Gasteiger partial charge in [0.05, 0.1) is 10.7 Å². The highest BCUT2D eigenvalue weighted by molar-refractivity contribution is 6.33. The van der Waals surface area contributed by atoms with E-state index in [0.29, 0.717) is 11.4 Å². The molecule has 3 rings (SSSR count). The van der Waals surface area contributed by atoms with Crippen LogP contribution in [0, 0.1) is 0 Å². The summed E-state index contributed by atoms with van der Waals surface area (Å²) in [6.45, 7) is 5.18. The molecule has 1 saturated heterocycles. The number of rotatable bonds is 5. The zero-order valence-corrected chi connectivity index (χ0v) is 15.2. The van der Waals surface area contributed by atoms with E-state index < -0.39 is 0 Å². The first-order chi connectivity index (χ1) is 12.2.